The van der Waals surface area contributed by atoms with Gasteiger partial charge in [-0.3, -0.25) is 9.59 Å². The molecule has 154 valence electrons. The zero-order valence-corrected chi connectivity index (χ0v) is 16.7. The zero-order valence-electron chi connectivity index (χ0n) is 16.7. The molecule has 3 rings (SSSR count). The Morgan fingerprint density at radius 3 is 2.59 bits per heavy atom. The molecule has 2 aromatic rings. The van der Waals surface area contributed by atoms with Crippen LogP contribution in [0.15, 0.2) is 48.5 Å². The van der Waals surface area contributed by atoms with Crippen LogP contribution >= 0.6 is 0 Å². The first-order valence-corrected chi connectivity index (χ1v) is 9.57. The van der Waals surface area contributed by atoms with Crippen LogP contribution in [-0.4, -0.2) is 62.8 Å². The topological polar surface area (TPSA) is 77.1 Å². The van der Waals surface area contributed by atoms with Crippen molar-refractivity contribution >= 4 is 11.8 Å². The molecule has 0 aliphatic carbocycles. The Labute approximate surface area is 170 Å². The molecule has 2 amide bonds. The van der Waals surface area contributed by atoms with E-state index in [2.05, 4.69) is 5.32 Å². The summed E-state index contributed by atoms with van der Waals surface area (Å²) in [6.45, 7) is 3.54. The molecule has 1 heterocycles. The summed E-state index contributed by atoms with van der Waals surface area (Å²) in [5.74, 6) is 0.876. The van der Waals surface area contributed by atoms with Crippen LogP contribution in [0.25, 0.3) is 0 Å². The van der Waals surface area contributed by atoms with Gasteiger partial charge in [0.05, 0.1) is 26.8 Å². The number of morpholine rings is 1. The maximum atomic E-state index is 12.5. The molecular formula is C22H26N2O5. The molecule has 0 spiro atoms. The van der Waals surface area contributed by atoms with Crippen molar-refractivity contribution in [3.05, 3.63) is 59.7 Å². The minimum atomic E-state index is -0.261. The first-order chi connectivity index (χ1) is 14.1. The Hall–Kier alpha value is -3.06. The van der Waals surface area contributed by atoms with Crippen LogP contribution in [0.2, 0.25) is 0 Å². The zero-order chi connectivity index (χ0) is 20.6. The highest BCUT2D eigenvalue weighted by Crippen LogP contribution is 2.26. The van der Waals surface area contributed by atoms with Crippen molar-refractivity contribution in [2.45, 2.75) is 13.0 Å². The third kappa shape index (κ3) is 5.71. The molecule has 1 N–H and O–H groups in total. The van der Waals surface area contributed by atoms with Gasteiger partial charge in [-0.05, 0) is 31.2 Å². The Bertz CT molecular complexity index is 837. The summed E-state index contributed by atoms with van der Waals surface area (Å²) in [5.41, 5.74) is 1.61. The minimum absolute atomic E-state index is 0.0488. The van der Waals surface area contributed by atoms with Gasteiger partial charge in [-0.2, -0.15) is 0 Å². The number of aryl methyl sites for hydroxylation is 1. The van der Waals surface area contributed by atoms with Gasteiger partial charge in [0.2, 0.25) is 5.91 Å². The highest BCUT2D eigenvalue weighted by atomic mass is 16.5. The number of para-hydroxylation sites is 2. The third-order valence-corrected chi connectivity index (χ3v) is 4.70. The van der Waals surface area contributed by atoms with Gasteiger partial charge >= 0.3 is 0 Å². The second kappa shape index (κ2) is 9.93. The van der Waals surface area contributed by atoms with Crippen molar-refractivity contribution in [1.29, 1.82) is 0 Å². The first kappa shape index (κ1) is 20.7. The Morgan fingerprint density at radius 1 is 1.14 bits per heavy atom. The number of nitrogens with one attached hydrogen (secondary N) is 1. The molecule has 7 nitrogen and oxygen atoms in total. The van der Waals surface area contributed by atoms with Crippen LogP contribution < -0.4 is 14.8 Å². The van der Waals surface area contributed by atoms with Crippen LogP contribution in [0.1, 0.15) is 15.9 Å². The van der Waals surface area contributed by atoms with E-state index in [1.807, 2.05) is 43.3 Å². The number of carbonyl (C=O) groups excluding carboxylic acids is 2. The van der Waals surface area contributed by atoms with E-state index in [0.717, 1.165) is 5.56 Å². The number of benzene rings is 2. The van der Waals surface area contributed by atoms with Gasteiger partial charge in [0.15, 0.2) is 11.5 Å². The fraction of sp³-hybridized carbons (Fsp3) is 0.364. The van der Waals surface area contributed by atoms with Crippen LogP contribution in [0.4, 0.5) is 0 Å². The lowest BCUT2D eigenvalue weighted by Crippen LogP contribution is -2.50. The van der Waals surface area contributed by atoms with E-state index in [-0.39, 0.29) is 24.5 Å². The molecule has 29 heavy (non-hydrogen) atoms. The van der Waals surface area contributed by atoms with Gasteiger partial charge in [0.1, 0.15) is 12.7 Å². The molecule has 1 atom stereocenters. The van der Waals surface area contributed by atoms with Crippen LogP contribution in [0.5, 0.6) is 11.5 Å². The smallest absolute Gasteiger partial charge is 0.251 e. The maximum absolute atomic E-state index is 12.5. The second-order valence-corrected chi connectivity index (χ2v) is 6.84. The van der Waals surface area contributed by atoms with Crippen LogP contribution in [0, 0.1) is 6.92 Å². The first-order valence-electron chi connectivity index (χ1n) is 9.57. The molecular weight excluding hydrogens is 372 g/mol. The van der Waals surface area contributed by atoms with Crippen LogP contribution in [-0.2, 0) is 9.53 Å². The Balaban J connectivity index is 1.47. The highest BCUT2D eigenvalue weighted by molar-refractivity contribution is 5.96. The van der Waals surface area contributed by atoms with E-state index in [9.17, 15) is 9.59 Å². The van der Waals surface area contributed by atoms with E-state index in [1.165, 1.54) is 0 Å². The predicted molar refractivity (Wildman–Crippen MR) is 108 cm³/mol. The molecule has 0 radical (unpaired) electrons. The molecule has 0 bridgehead atoms. The summed E-state index contributed by atoms with van der Waals surface area (Å²) >= 11 is 0. The van der Waals surface area contributed by atoms with Crippen molar-refractivity contribution in [3.63, 3.8) is 0 Å². The molecule has 1 aliphatic rings. The monoisotopic (exact) mass is 398 g/mol. The number of rotatable bonds is 7. The predicted octanol–water partition coefficient (Wildman–Crippen LogP) is 2.04. The van der Waals surface area contributed by atoms with E-state index in [4.69, 9.17) is 14.2 Å². The quantitative estimate of drug-likeness (QED) is 0.772. The number of carbonyl (C=O) groups is 2. The SMILES string of the molecule is COc1ccccc1OCC1CN(C(=O)CNC(=O)c2ccc(C)cc2)CCO1. The summed E-state index contributed by atoms with van der Waals surface area (Å²) in [4.78, 5) is 26.4. The van der Waals surface area contributed by atoms with Gasteiger partial charge < -0.3 is 24.4 Å². The summed E-state index contributed by atoms with van der Waals surface area (Å²) < 4.78 is 16.8. The lowest BCUT2D eigenvalue weighted by molar-refractivity contribution is -0.138. The van der Waals surface area contributed by atoms with Gasteiger partial charge in [-0.1, -0.05) is 29.8 Å². The fourth-order valence-electron chi connectivity index (χ4n) is 3.04. The maximum Gasteiger partial charge on any atom is 0.251 e. The molecule has 7 heteroatoms. The van der Waals surface area contributed by atoms with Gasteiger partial charge in [-0.25, -0.2) is 0 Å². The van der Waals surface area contributed by atoms with E-state index in [1.54, 1.807) is 24.1 Å². The van der Waals surface area contributed by atoms with Crippen molar-refractivity contribution in [3.8, 4) is 11.5 Å². The number of nitrogens with zero attached hydrogens (tertiary/aromatic N) is 1. The van der Waals surface area contributed by atoms with E-state index in [0.29, 0.717) is 43.4 Å². The standard InChI is InChI=1S/C22H26N2O5/c1-16-7-9-17(10-8-16)22(26)23-13-21(25)24-11-12-28-18(14-24)15-29-20-6-4-3-5-19(20)27-2/h3-10,18H,11-15H2,1-2H3,(H,23,26). The van der Waals surface area contributed by atoms with Crippen molar-refractivity contribution in [2.75, 3.05) is 40.0 Å². The summed E-state index contributed by atoms with van der Waals surface area (Å²) in [5, 5.41) is 2.68. The number of hydrogen-bond donors (Lipinski definition) is 1. The average Bonchev–Trinajstić information content (AvgIpc) is 2.76. The van der Waals surface area contributed by atoms with Crippen LogP contribution in [0.3, 0.4) is 0 Å². The largest absolute Gasteiger partial charge is 0.493 e. The number of ether oxygens (including phenoxy) is 3. The highest BCUT2D eigenvalue weighted by Gasteiger charge is 2.25. The van der Waals surface area contributed by atoms with Gasteiger partial charge in [-0.15, -0.1) is 0 Å². The molecule has 0 aromatic heterocycles. The molecule has 1 aliphatic heterocycles. The second-order valence-electron chi connectivity index (χ2n) is 6.84. The van der Waals surface area contributed by atoms with Crippen molar-refractivity contribution in [1.82, 2.24) is 10.2 Å². The molecule has 1 fully saturated rings. The fourth-order valence-corrected chi connectivity index (χ4v) is 3.04. The molecule has 2 aromatic carbocycles. The summed E-state index contributed by atoms with van der Waals surface area (Å²) in [6.07, 6.45) is -0.245. The number of hydrogen-bond acceptors (Lipinski definition) is 5. The lowest BCUT2D eigenvalue weighted by Gasteiger charge is -2.33. The molecule has 0 saturated carbocycles. The third-order valence-electron chi connectivity index (χ3n) is 4.70. The van der Waals surface area contributed by atoms with Gasteiger partial charge in [0.25, 0.3) is 5.91 Å². The normalized spacial score (nSPS) is 16.2. The number of methoxy groups -OCH3 is 1. The molecule has 1 unspecified atom stereocenters. The van der Waals surface area contributed by atoms with E-state index < -0.39 is 0 Å². The van der Waals surface area contributed by atoms with Gasteiger partial charge in [0, 0.05) is 12.1 Å². The van der Waals surface area contributed by atoms with E-state index >= 15 is 0 Å². The lowest BCUT2D eigenvalue weighted by atomic mass is 10.1. The summed E-state index contributed by atoms with van der Waals surface area (Å²) in [7, 11) is 1.59. The van der Waals surface area contributed by atoms with Crippen molar-refractivity contribution < 1.29 is 23.8 Å². The Morgan fingerprint density at radius 2 is 1.86 bits per heavy atom. The average molecular weight is 398 g/mol. The number of amides is 2. The Kier molecular flexibility index (Phi) is 7.08. The molecule has 1 saturated heterocycles. The van der Waals surface area contributed by atoms with Crippen molar-refractivity contribution in [2.24, 2.45) is 0 Å². The summed E-state index contributed by atoms with van der Waals surface area (Å²) in [6, 6.07) is 14.6. The minimum Gasteiger partial charge on any atom is -0.493 e.